The summed E-state index contributed by atoms with van der Waals surface area (Å²) < 4.78 is 52.0. The van der Waals surface area contributed by atoms with Crippen molar-refractivity contribution in [1.29, 1.82) is 5.41 Å². The van der Waals surface area contributed by atoms with E-state index < -0.39 is 32.2 Å². The number of halogens is 1. The van der Waals surface area contributed by atoms with Gasteiger partial charge in [-0.1, -0.05) is 0 Å². The first-order valence-corrected chi connectivity index (χ1v) is 11.8. The molecule has 0 spiro atoms. The zero-order valence-corrected chi connectivity index (χ0v) is 20.3. The molecule has 0 saturated carbocycles. The van der Waals surface area contributed by atoms with Crippen molar-refractivity contribution >= 4 is 21.8 Å². The van der Waals surface area contributed by atoms with Crippen molar-refractivity contribution in [3.05, 3.63) is 59.6 Å². The third-order valence-electron chi connectivity index (χ3n) is 4.97. The van der Waals surface area contributed by atoms with E-state index in [1.54, 1.807) is 13.1 Å². The maximum Gasteiger partial charge on any atom is 0.257 e. The molecule has 1 aliphatic heterocycles. The summed E-state index contributed by atoms with van der Waals surface area (Å²) >= 11 is 0. The van der Waals surface area contributed by atoms with Crippen LogP contribution in [0.15, 0.2) is 47.5 Å². The molecule has 0 atom stereocenters. The zero-order chi connectivity index (χ0) is 25.3. The highest BCUT2D eigenvalue weighted by molar-refractivity contribution is 7.89. The van der Waals surface area contributed by atoms with Crippen LogP contribution in [0.5, 0.6) is 17.2 Å². The highest BCUT2D eigenvalue weighted by Gasteiger charge is 2.34. The third kappa shape index (κ3) is 5.37. The van der Waals surface area contributed by atoms with Gasteiger partial charge in [-0.3, -0.25) is 10.2 Å². The van der Waals surface area contributed by atoms with Gasteiger partial charge in [-0.05, 0) is 50.4 Å². The van der Waals surface area contributed by atoms with Crippen LogP contribution in [0, 0.1) is 11.2 Å². The fourth-order valence-electron chi connectivity index (χ4n) is 3.35. The Kier molecular flexibility index (Phi) is 6.99. The minimum Gasteiger partial charge on any atom is -0.487 e. The van der Waals surface area contributed by atoms with Crippen LogP contribution in [0.4, 0.5) is 4.39 Å². The Labute approximate surface area is 198 Å². The van der Waals surface area contributed by atoms with Crippen molar-refractivity contribution in [2.45, 2.75) is 30.8 Å². The number of fused-ring (bicyclic) bond motifs is 1. The molecule has 0 aliphatic carbocycles. The molecule has 11 heteroatoms. The number of amidine groups is 1. The topological polar surface area (TPSA) is 121 Å². The second-order valence-corrected chi connectivity index (χ2v) is 10.6. The van der Waals surface area contributed by atoms with Crippen LogP contribution in [-0.2, 0) is 16.4 Å². The van der Waals surface area contributed by atoms with Gasteiger partial charge in [-0.15, -0.1) is 0 Å². The Morgan fingerprint density at radius 3 is 2.59 bits per heavy atom. The molecule has 0 saturated heterocycles. The molecule has 1 amide bonds. The fourth-order valence-corrected chi connectivity index (χ4v) is 4.29. The predicted octanol–water partition coefficient (Wildman–Crippen LogP) is 3.02. The minimum absolute atomic E-state index is 0.0596. The smallest absolute Gasteiger partial charge is 0.257 e. The lowest BCUT2D eigenvalue weighted by atomic mass is 9.99. The summed E-state index contributed by atoms with van der Waals surface area (Å²) in [7, 11) is 0.337. The number of ether oxygens (including phenoxy) is 2. The normalized spacial score (nSPS) is 14.6. The number of carbonyl (C=O) groups is 1. The number of sulfonamides is 1. The number of nitrogens with zero attached hydrogens (tertiary/aromatic N) is 1. The second kappa shape index (κ2) is 9.43. The van der Waals surface area contributed by atoms with Crippen LogP contribution in [0.2, 0.25) is 0 Å². The molecule has 0 bridgehead atoms. The highest BCUT2D eigenvalue weighted by Crippen LogP contribution is 2.43. The predicted molar refractivity (Wildman–Crippen MR) is 126 cm³/mol. The fraction of sp³-hybridized carbons (Fsp3) is 0.304. The SMILES string of the molecule is CN/C=C\C(=N)NC(=O)c1cc(Oc2ccc(S(=O)(=O)N(C)C)c(F)c2)c2c(c1)OC(C)(C)C2. The van der Waals surface area contributed by atoms with Crippen LogP contribution in [0.1, 0.15) is 29.8 Å². The third-order valence-corrected chi connectivity index (χ3v) is 6.82. The summed E-state index contributed by atoms with van der Waals surface area (Å²) in [6, 6.07) is 6.50. The molecule has 0 unspecified atom stereocenters. The largest absolute Gasteiger partial charge is 0.487 e. The molecule has 1 heterocycles. The Morgan fingerprint density at radius 2 is 1.97 bits per heavy atom. The molecule has 0 radical (unpaired) electrons. The van der Waals surface area contributed by atoms with Gasteiger partial charge in [-0.25, -0.2) is 17.1 Å². The van der Waals surface area contributed by atoms with Crippen molar-refractivity contribution in [2.24, 2.45) is 0 Å². The molecule has 1 aliphatic rings. The Hall–Kier alpha value is -3.44. The molecule has 2 aromatic carbocycles. The van der Waals surface area contributed by atoms with Gasteiger partial charge in [0, 0.05) is 44.8 Å². The van der Waals surface area contributed by atoms with Crippen molar-refractivity contribution in [3.8, 4) is 17.2 Å². The van der Waals surface area contributed by atoms with E-state index in [1.165, 1.54) is 38.5 Å². The number of nitrogens with one attached hydrogen (secondary N) is 3. The monoisotopic (exact) mass is 490 g/mol. The highest BCUT2D eigenvalue weighted by atomic mass is 32.2. The Morgan fingerprint density at radius 1 is 1.26 bits per heavy atom. The molecular formula is C23H27FN4O5S. The van der Waals surface area contributed by atoms with Gasteiger partial charge in [-0.2, -0.15) is 0 Å². The summed E-state index contributed by atoms with van der Waals surface area (Å²) in [5.74, 6) is -0.860. The molecule has 182 valence electrons. The van der Waals surface area contributed by atoms with Crippen LogP contribution >= 0.6 is 0 Å². The van der Waals surface area contributed by atoms with Gasteiger partial charge in [0.05, 0.1) is 0 Å². The standard InChI is InChI=1S/C23H27FN4O5S/c1-23(2)13-16-18(32-15-6-7-20(17(24)12-15)34(30,31)28(4)5)10-14(11-19(16)33-23)22(29)27-21(25)8-9-26-3/h6-12,26H,13H2,1-5H3,(H2,25,27,29)/b9-8-. The van der Waals surface area contributed by atoms with Crippen molar-refractivity contribution in [3.63, 3.8) is 0 Å². The van der Waals surface area contributed by atoms with E-state index in [0.717, 1.165) is 16.4 Å². The summed E-state index contributed by atoms with van der Waals surface area (Å²) in [4.78, 5) is 12.2. The summed E-state index contributed by atoms with van der Waals surface area (Å²) in [5.41, 5.74) is 0.325. The van der Waals surface area contributed by atoms with Gasteiger partial charge in [0.1, 0.15) is 39.4 Å². The number of carbonyl (C=O) groups excluding carboxylic acids is 1. The lowest BCUT2D eigenvalue weighted by Gasteiger charge is -2.16. The van der Waals surface area contributed by atoms with Gasteiger partial charge in [0.25, 0.3) is 5.91 Å². The van der Waals surface area contributed by atoms with E-state index in [2.05, 4.69) is 10.6 Å². The van der Waals surface area contributed by atoms with Gasteiger partial charge in [0.15, 0.2) is 0 Å². The molecule has 3 rings (SSSR count). The quantitative estimate of drug-likeness (QED) is 0.405. The molecule has 34 heavy (non-hydrogen) atoms. The van der Waals surface area contributed by atoms with Crippen LogP contribution < -0.4 is 20.1 Å². The molecular weight excluding hydrogens is 463 g/mol. The minimum atomic E-state index is -3.96. The molecule has 9 nitrogen and oxygen atoms in total. The lowest BCUT2D eigenvalue weighted by Crippen LogP contribution is -2.28. The van der Waals surface area contributed by atoms with E-state index in [0.29, 0.717) is 17.7 Å². The summed E-state index contributed by atoms with van der Waals surface area (Å²) in [5, 5.41) is 13.0. The first-order chi connectivity index (χ1) is 15.8. The van der Waals surface area contributed by atoms with E-state index in [1.807, 2.05) is 13.8 Å². The average Bonchev–Trinajstić information content (AvgIpc) is 3.06. The summed E-state index contributed by atoms with van der Waals surface area (Å²) in [6.45, 7) is 3.77. The number of rotatable bonds is 7. The van der Waals surface area contributed by atoms with Crippen molar-refractivity contribution < 1.29 is 27.1 Å². The first-order valence-electron chi connectivity index (χ1n) is 10.3. The molecule has 0 aromatic heterocycles. The Balaban J connectivity index is 1.97. The number of hydrogen-bond acceptors (Lipinski definition) is 7. The van der Waals surface area contributed by atoms with Crippen LogP contribution in [0.3, 0.4) is 0 Å². The molecule has 0 fully saturated rings. The number of benzene rings is 2. The van der Waals surface area contributed by atoms with Crippen LogP contribution in [0.25, 0.3) is 0 Å². The number of amides is 1. The average molecular weight is 491 g/mol. The first kappa shape index (κ1) is 25.2. The van der Waals surface area contributed by atoms with Crippen LogP contribution in [-0.4, -0.2) is 51.2 Å². The van der Waals surface area contributed by atoms with Gasteiger partial charge in [0.2, 0.25) is 10.0 Å². The van der Waals surface area contributed by atoms with E-state index >= 15 is 0 Å². The van der Waals surface area contributed by atoms with E-state index in [9.17, 15) is 17.6 Å². The van der Waals surface area contributed by atoms with Gasteiger partial charge < -0.3 is 20.1 Å². The zero-order valence-electron chi connectivity index (χ0n) is 19.5. The summed E-state index contributed by atoms with van der Waals surface area (Å²) in [6.07, 6.45) is 3.37. The maximum absolute atomic E-state index is 14.6. The second-order valence-electron chi connectivity index (χ2n) is 8.46. The van der Waals surface area contributed by atoms with Gasteiger partial charge >= 0.3 is 0 Å². The number of hydrogen-bond donors (Lipinski definition) is 3. The van der Waals surface area contributed by atoms with Crippen molar-refractivity contribution in [2.75, 3.05) is 21.1 Å². The molecule has 2 aromatic rings. The molecule has 3 N–H and O–H groups in total. The van der Waals surface area contributed by atoms with E-state index in [-0.39, 0.29) is 22.9 Å². The maximum atomic E-state index is 14.6. The van der Waals surface area contributed by atoms with Crippen molar-refractivity contribution in [1.82, 2.24) is 14.9 Å². The Bertz CT molecular complexity index is 1270. The van der Waals surface area contributed by atoms with E-state index in [4.69, 9.17) is 14.9 Å². The lowest BCUT2D eigenvalue weighted by molar-refractivity contribution is 0.0975.